The minimum atomic E-state index is -0.635. The number of rotatable bonds is 6. The quantitative estimate of drug-likeness (QED) is 0.604. The van der Waals surface area contributed by atoms with E-state index in [1.165, 1.54) is 17.0 Å². The summed E-state index contributed by atoms with van der Waals surface area (Å²) >= 11 is 0. The first-order chi connectivity index (χ1) is 17.8. The molecular weight excluding hydrogens is 475 g/mol. The fraction of sp³-hybridized carbons (Fsp3) is 0.393. The van der Waals surface area contributed by atoms with Gasteiger partial charge in [-0.25, -0.2) is 14.0 Å². The lowest BCUT2D eigenvalue weighted by atomic mass is 9.93. The Morgan fingerprint density at radius 2 is 1.86 bits per heavy atom. The van der Waals surface area contributed by atoms with Crippen molar-refractivity contribution in [2.24, 2.45) is 0 Å². The zero-order valence-electron chi connectivity index (χ0n) is 21.5. The monoisotopic (exact) mass is 508 g/mol. The Balaban J connectivity index is 1.60. The van der Waals surface area contributed by atoms with Crippen molar-refractivity contribution in [1.82, 2.24) is 20.0 Å². The summed E-state index contributed by atoms with van der Waals surface area (Å²) in [5, 5.41) is 2.95. The molecule has 2 aromatic rings. The lowest BCUT2D eigenvalue weighted by Gasteiger charge is -2.36. The first-order valence-electron chi connectivity index (χ1n) is 12.6. The van der Waals surface area contributed by atoms with Crippen LogP contribution in [0.25, 0.3) is 0 Å². The number of halogens is 1. The van der Waals surface area contributed by atoms with Crippen LogP contribution in [-0.4, -0.2) is 79.0 Å². The molecule has 1 saturated heterocycles. The van der Waals surface area contributed by atoms with Gasteiger partial charge in [-0.15, -0.1) is 0 Å². The third kappa shape index (κ3) is 5.83. The standard InChI is InChI=1S/C28H33FN4O4/c1-4-37-27(35)24-23(31(3)28(36)30-25(24)20-10-7-9-19(2)17-20)18-32-13-8-14-33(16-15-32)26(34)21-11-5-6-12-22(21)29/h5-7,9-12,17,25H,4,8,13-16,18H2,1-3H3,(H,30,36)/t25-/m0/s1. The average Bonchev–Trinajstić information content (AvgIpc) is 3.12. The third-order valence-corrected chi connectivity index (χ3v) is 6.80. The van der Waals surface area contributed by atoms with Gasteiger partial charge in [-0.1, -0.05) is 42.0 Å². The van der Waals surface area contributed by atoms with E-state index in [2.05, 4.69) is 10.2 Å². The number of likely N-dealkylation sites (N-methyl/N-ethyl adjacent to an activating group) is 1. The van der Waals surface area contributed by atoms with Gasteiger partial charge in [-0.2, -0.15) is 0 Å². The first-order valence-corrected chi connectivity index (χ1v) is 12.6. The Kier molecular flexibility index (Phi) is 8.23. The third-order valence-electron chi connectivity index (χ3n) is 6.80. The fourth-order valence-electron chi connectivity index (χ4n) is 4.85. The van der Waals surface area contributed by atoms with E-state index in [0.29, 0.717) is 50.4 Å². The van der Waals surface area contributed by atoms with Gasteiger partial charge in [0, 0.05) is 45.5 Å². The van der Waals surface area contributed by atoms with Crippen LogP contribution in [-0.2, 0) is 9.53 Å². The van der Waals surface area contributed by atoms with Crippen LogP contribution in [0.1, 0.15) is 40.9 Å². The summed E-state index contributed by atoms with van der Waals surface area (Å²) in [5.74, 6) is -1.34. The number of nitrogens with zero attached hydrogens (tertiary/aromatic N) is 3. The van der Waals surface area contributed by atoms with Gasteiger partial charge in [0.15, 0.2) is 0 Å². The number of hydrogen-bond acceptors (Lipinski definition) is 5. The lowest BCUT2D eigenvalue weighted by Crippen LogP contribution is -2.49. The van der Waals surface area contributed by atoms with E-state index >= 15 is 0 Å². The Hall–Kier alpha value is -3.72. The highest BCUT2D eigenvalue weighted by Gasteiger charge is 2.37. The molecule has 0 unspecified atom stereocenters. The van der Waals surface area contributed by atoms with Crippen molar-refractivity contribution in [3.63, 3.8) is 0 Å². The summed E-state index contributed by atoms with van der Waals surface area (Å²) in [4.78, 5) is 44.3. The van der Waals surface area contributed by atoms with Crippen LogP contribution >= 0.6 is 0 Å². The number of nitrogens with one attached hydrogen (secondary N) is 1. The van der Waals surface area contributed by atoms with Crippen LogP contribution in [0.15, 0.2) is 59.8 Å². The van der Waals surface area contributed by atoms with Crippen molar-refractivity contribution < 1.29 is 23.5 Å². The second-order valence-electron chi connectivity index (χ2n) is 9.34. The van der Waals surface area contributed by atoms with E-state index in [1.807, 2.05) is 31.2 Å². The molecular formula is C28H33FN4O4. The SMILES string of the molecule is CCOC(=O)C1=C(CN2CCCN(C(=O)c3ccccc3F)CC2)N(C)C(=O)N[C@H]1c1cccc(C)c1. The second-order valence-corrected chi connectivity index (χ2v) is 9.34. The lowest BCUT2D eigenvalue weighted by molar-refractivity contribution is -0.139. The van der Waals surface area contributed by atoms with Crippen molar-refractivity contribution in [3.8, 4) is 0 Å². The molecule has 2 heterocycles. The van der Waals surface area contributed by atoms with E-state index in [0.717, 1.165) is 11.1 Å². The Morgan fingerprint density at radius 1 is 1.08 bits per heavy atom. The Bertz CT molecular complexity index is 1210. The molecule has 2 aliphatic heterocycles. The van der Waals surface area contributed by atoms with E-state index in [9.17, 15) is 18.8 Å². The molecule has 0 saturated carbocycles. The summed E-state index contributed by atoms with van der Waals surface area (Å²) in [6, 6.07) is 12.7. The molecule has 0 radical (unpaired) electrons. The second kappa shape index (κ2) is 11.6. The van der Waals surface area contributed by atoms with Crippen LogP contribution in [0, 0.1) is 12.7 Å². The average molecular weight is 509 g/mol. The van der Waals surface area contributed by atoms with Crippen LogP contribution in [0.5, 0.6) is 0 Å². The zero-order valence-corrected chi connectivity index (χ0v) is 21.5. The van der Waals surface area contributed by atoms with E-state index in [4.69, 9.17) is 4.74 Å². The molecule has 37 heavy (non-hydrogen) atoms. The van der Waals surface area contributed by atoms with Crippen molar-refractivity contribution >= 4 is 17.9 Å². The summed E-state index contributed by atoms with van der Waals surface area (Å²) in [5.41, 5.74) is 2.86. The number of carbonyl (C=O) groups is 3. The minimum Gasteiger partial charge on any atom is -0.463 e. The molecule has 0 spiro atoms. The molecule has 1 atom stereocenters. The summed E-state index contributed by atoms with van der Waals surface area (Å²) in [6.45, 7) is 6.34. The Morgan fingerprint density at radius 3 is 2.59 bits per heavy atom. The van der Waals surface area contributed by atoms with Gasteiger partial charge in [0.2, 0.25) is 0 Å². The predicted molar refractivity (Wildman–Crippen MR) is 137 cm³/mol. The Labute approximate surface area is 216 Å². The van der Waals surface area contributed by atoms with Crippen molar-refractivity contribution in [2.75, 3.05) is 46.4 Å². The highest BCUT2D eigenvalue weighted by Crippen LogP contribution is 2.32. The van der Waals surface area contributed by atoms with Crippen LogP contribution < -0.4 is 5.32 Å². The summed E-state index contributed by atoms with van der Waals surface area (Å²) in [7, 11) is 1.64. The fourth-order valence-corrected chi connectivity index (χ4v) is 4.85. The molecule has 2 aromatic carbocycles. The number of benzene rings is 2. The van der Waals surface area contributed by atoms with Gasteiger partial charge in [-0.05, 0) is 38.0 Å². The van der Waals surface area contributed by atoms with E-state index < -0.39 is 17.8 Å². The van der Waals surface area contributed by atoms with Crippen molar-refractivity contribution in [2.45, 2.75) is 26.3 Å². The molecule has 0 aromatic heterocycles. The highest BCUT2D eigenvalue weighted by molar-refractivity contribution is 5.95. The number of hydrogen-bond donors (Lipinski definition) is 1. The van der Waals surface area contributed by atoms with E-state index in [1.54, 1.807) is 31.0 Å². The molecule has 3 amide bonds. The maximum atomic E-state index is 14.2. The molecule has 4 rings (SSSR count). The van der Waals surface area contributed by atoms with Crippen molar-refractivity contribution in [1.29, 1.82) is 0 Å². The summed E-state index contributed by atoms with van der Waals surface area (Å²) in [6.07, 6.45) is 0.680. The number of carbonyl (C=O) groups excluding carboxylic acids is 3. The maximum absolute atomic E-state index is 14.2. The van der Waals surface area contributed by atoms with Gasteiger partial charge in [-0.3, -0.25) is 14.6 Å². The van der Waals surface area contributed by atoms with Gasteiger partial charge < -0.3 is 15.0 Å². The number of urea groups is 1. The molecule has 8 nitrogen and oxygen atoms in total. The van der Waals surface area contributed by atoms with Crippen LogP contribution in [0.2, 0.25) is 0 Å². The first kappa shape index (κ1) is 26.3. The van der Waals surface area contributed by atoms with Crippen LogP contribution in [0.3, 0.4) is 0 Å². The van der Waals surface area contributed by atoms with Crippen molar-refractivity contribution in [3.05, 3.63) is 82.3 Å². The zero-order chi connectivity index (χ0) is 26.5. The molecule has 9 heteroatoms. The number of amides is 3. The van der Waals surface area contributed by atoms with Gasteiger partial charge in [0.25, 0.3) is 5.91 Å². The highest BCUT2D eigenvalue weighted by atomic mass is 19.1. The summed E-state index contributed by atoms with van der Waals surface area (Å²) < 4.78 is 19.6. The molecule has 2 aliphatic rings. The van der Waals surface area contributed by atoms with Gasteiger partial charge >= 0.3 is 12.0 Å². The smallest absolute Gasteiger partial charge is 0.338 e. The minimum absolute atomic E-state index is 0.0629. The number of esters is 1. The molecule has 196 valence electrons. The largest absolute Gasteiger partial charge is 0.463 e. The molecule has 0 aliphatic carbocycles. The normalized spacial score (nSPS) is 18.9. The predicted octanol–water partition coefficient (Wildman–Crippen LogP) is 3.50. The molecule has 1 N–H and O–H groups in total. The number of ether oxygens (including phenoxy) is 1. The topological polar surface area (TPSA) is 82.2 Å². The molecule has 0 bridgehead atoms. The van der Waals surface area contributed by atoms with E-state index in [-0.39, 0.29) is 24.1 Å². The van der Waals surface area contributed by atoms with Gasteiger partial charge in [0.1, 0.15) is 5.82 Å². The van der Waals surface area contributed by atoms with Crippen LogP contribution in [0.4, 0.5) is 9.18 Å². The maximum Gasteiger partial charge on any atom is 0.338 e. The molecule has 1 fully saturated rings. The van der Waals surface area contributed by atoms with Gasteiger partial charge in [0.05, 0.1) is 23.8 Å². The number of aryl methyl sites for hydroxylation is 1.